The molecule has 1 amide bonds. The number of hydrogen-bond donors (Lipinski definition) is 3. The first-order valence-electron chi connectivity index (χ1n) is 13.5. The number of pyridine rings is 1. The molecule has 200 valence electrons. The summed E-state index contributed by atoms with van der Waals surface area (Å²) in [6, 6.07) is 3.74. The van der Waals surface area contributed by atoms with Gasteiger partial charge < -0.3 is 20.5 Å². The van der Waals surface area contributed by atoms with Crippen LogP contribution in [0.1, 0.15) is 50.2 Å². The van der Waals surface area contributed by atoms with Crippen molar-refractivity contribution < 1.29 is 9.18 Å². The molecule has 2 aliphatic carbocycles. The molecule has 3 aliphatic rings. The Bertz CT molecular complexity index is 1530. The van der Waals surface area contributed by atoms with Crippen LogP contribution < -0.4 is 10.6 Å². The first-order chi connectivity index (χ1) is 18.9. The van der Waals surface area contributed by atoms with Crippen LogP contribution in [0.3, 0.4) is 0 Å². The van der Waals surface area contributed by atoms with E-state index >= 15 is 4.39 Å². The largest absolute Gasteiger partial charge is 0.364 e. The Balaban J connectivity index is 1.21. The number of allylic oxidation sites excluding steroid dienone is 4. The highest BCUT2D eigenvalue weighted by Crippen LogP contribution is 2.37. The zero-order chi connectivity index (χ0) is 27.1. The first-order valence-corrected chi connectivity index (χ1v) is 13.5. The Morgan fingerprint density at radius 1 is 1.15 bits per heavy atom. The topological polar surface area (TPSA) is 98.8 Å². The Labute approximate surface area is 226 Å². The van der Waals surface area contributed by atoms with Gasteiger partial charge in [0, 0.05) is 42.0 Å². The Morgan fingerprint density at radius 3 is 2.69 bits per heavy atom. The van der Waals surface area contributed by atoms with Crippen molar-refractivity contribution in [3.8, 4) is 0 Å². The second-order valence-electron chi connectivity index (χ2n) is 10.5. The molecule has 3 aromatic rings. The zero-order valence-corrected chi connectivity index (χ0v) is 22.0. The number of rotatable bonds is 10. The van der Waals surface area contributed by atoms with E-state index in [0.717, 1.165) is 24.1 Å². The van der Waals surface area contributed by atoms with Crippen molar-refractivity contribution in [2.24, 2.45) is 5.92 Å². The summed E-state index contributed by atoms with van der Waals surface area (Å²) in [5.41, 5.74) is 3.95. The molecule has 3 fully saturated rings. The summed E-state index contributed by atoms with van der Waals surface area (Å²) >= 11 is 0. The summed E-state index contributed by atoms with van der Waals surface area (Å²) in [6.07, 6.45) is 14.0. The summed E-state index contributed by atoms with van der Waals surface area (Å²) in [5.74, 6) is 1.12. The summed E-state index contributed by atoms with van der Waals surface area (Å²) in [7, 11) is 0. The summed E-state index contributed by atoms with van der Waals surface area (Å²) in [5, 5.41) is 7.30. The highest BCUT2D eigenvalue weighted by atomic mass is 19.1. The highest BCUT2D eigenvalue weighted by Gasteiger charge is 2.39. The van der Waals surface area contributed by atoms with E-state index in [2.05, 4.69) is 43.7 Å². The van der Waals surface area contributed by atoms with Gasteiger partial charge >= 0.3 is 0 Å². The molecule has 0 radical (unpaired) electrons. The van der Waals surface area contributed by atoms with Crippen molar-refractivity contribution in [1.29, 1.82) is 0 Å². The van der Waals surface area contributed by atoms with Crippen LogP contribution in [0.25, 0.3) is 16.6 Å². The standard InChI is InChI=1S/C30H32FN7O/c1-4-20(8-5-17(2)19-6-7-19)35-25-12-11-23(28(31)37-25)18(3)24-14-32-29-27(24)30(34-16-33-29)36-21-13-26(39)38(15-21)22-9-10-22/h4-5,8,11-12,14,16,19,21-22H,2-3,6-7,9-10,13,15H2,1H3,(H,35,37)(H2,32,33,34,36)/b8-5-,20-4+. The number of nitrogens with zero attached hydrogens (tertiary/aromatic N) is 4. The molecule has 39 heavy (non-hydrogen) atoms. The van der Waals surface area contributed by atoms with Crippen molar-refractivity contribution in [1.82, 2.24) is 24.8 Å². The third-order valence-electron chi connectivity index (χ3n) is 7.62. The molecule has 4 heterocycles. The molecule has 0 bridgehead atoms. The van der Waals surface area contributed by atoms with Gasteiger partial charge in [-0.25, -0.2) is 15.0 Å². The van der Waals surface area contributed by atoms with Gasteiger partial charge in [-0.2, -0.15) is 4.39 Å². The molecule has 2 saturated carbocycles. The molecule has 6 rings (SSSR count). The lowest BCUT2D eigenvalue weighted by Crippen LogP contribution is -2.30. The molecule has 8 nitrogen and oxygen atoms in total. The number of hydrogen-bond acceptors (Lipinski definition) is 6. The normalized spacial score (nSPS) is 19.7. The summed E-state index contributed by atoms with van der Waals surface area (Å²) in [4.78, 5) is 30.5. The minimum absolute atomic E-state index is 0.0488. The second-order valence-corrected chi connectivity index (χ2v) is 10.5. The maximum atomic E-state index is 15.3. The van der Waals surface area contributed by atoms with Crippen LogP contribution >= 0.6 is 0 Å². The number of carbonyl (C=O) groups is 1. The minimum atomic E-state index is -0.631. The van der Waals surface area contributed by atoms with Crippen molar-refractivity contribution in [2.45, 2.75) is 51.1 Å². The van der Waals surface area contributed by atoms with Gasteiger partial charge in [-0.15, -0.1) is 0 Å². The lowest BCUT2D eigenvalue weighted by atomic mass is 10.0. The number of aromatic amines is 1. The molecular weight excluding hydrogens is 493 g/mol. The number of anilines is 2. The number of fused-ring (bicyclic) bond motifs is 1. The number of H-pyrrole nitrogens is 1. The minimum Gasteiger partial charge on any atom is -0.364 e. The van der Waals surface area contributed by atoms with Crippen molar-refractivity contribution in [2.75, 3.05) is 17.2 Å². The van der Waals surface area contributed by atoms with Gasteiger partial charge in [0.05, 0.1) is 11.4 Å². The predicted octanol–water partition coefficient (Wildman–Crippen LogP) is 5.57. The van der Waals surface area contributed by atoms with Crippen LogP contribution in [-0.4, -0.2) is 49.4 Å². The van der Waals surface area contributed by atoms with E-state index in [1.54, 1.807) is 18.3 Å². The number of amides is 1. The Kier molecular flexibility index (Phi) is 6.50. The van der Waals surface area contributed by atoms with Crippen LogP contribution in [0.5, 0.6) is 0 Å². The Morgan fingerprint density at radius 2 is 1.97 bits per heavy atom. The molecular formula is C30H32FN7O. The van der Waals surface area contributed by atoms with Crippen LogP contribution in [0.2, 0.25) is 0 Å². The molecule has 0 aromatic carbocycles. The predicted molar refractivity (Wildman–Crippen MR) is 151 cm³/mol. The molecule has 1 aliphatic heterocycles. The average molecular weight is 526 g/mol. The lowest BCUT2D eigenvalue weighted by Gasteiger charge is -2.17. The van der Waals surface area contributed by atoms with Crippen LogP contribution in [0.4, 0.5) is 16.0 Å². The van der Waals surface area contributed by atoms with E-state index in [1.165, 1.54) is 19.2 Å². The van der Waals surface area contributed by atoms with E-state index in [1.807, 2.05) is 30.1 Å². The fourth-order valence-electron chi connectivity index (χ4n) is 5.09. The van der Waals surface area contributed by atoms with E-state index in [-0.39, 0.29) is 17.5 Å². The monoisotopic (exact) mass is 525 g/mol. The van der Waals surface area contributed by atoms with Crippen molar-refractivity contribution >= 4 is 34.1 Å². The third-order valence-corrected chi connectivity index (χ3v) is 7.62. The molecule has 1 saturated heterocycles. The molecule has 1 unspecified atom stereocenters. The third kappa shape index (κ3) is 5.21. The van der Waals surface area contributed by atoms with Crippen molar-refractivity contribution in [3.05, 3.63) is 84.4 Å². The lowest BCUT2D eigenvalue weighted by molar-refractivity contribution is -0.128. The van der Waals surface area contributed by atoms with Crippen molar-refractivity contribution in [3.63, 3.8) is 0 Å². The van der Waals surface area contributed by atoms with Crippen LogP contribution in [0, 0.1) is 11.9 Å². The second kappa shape index (κ2) is 10.1. The number of likely N-dealkylation sites (tertiary alicyclic amines) is 1. The zero-order valence-electron chi connectivity index (χ0n) is 22.0. The molecule has 9 heteroatoms. The van der Waals surface area contributed by atoms with E-state index in [0.29, 0.717) is 58.7 Å². The number of halogens is 1. The molecule has 1 atom stereocenters. The van der Waals surface area contributed by atoms with Gasteiger partial charge in [-0.3, -0.25) is 4.79 Å². The van der Waals surface area contributed by atoms with Gasteiger partial charge in [0.15, 0.2) is 0 Å². The Hall–Kier alpha value is -4.27. The maximum Gasteiger partial charge on any atom is 0.225 e. The number of carbonyl (C=O) groups excluding carboxylic acids is 1. The smallest absolute Gasteiger partial charge is 0.225 e. The summed E-state index contributed by atoms with van der Waals surface area (Å²) in [6.45, 7) is 10.9. The van der Waals surface area contributed by atoms with Crippen LogP contribution in [0.15, 0.2) is 67.3 Å². The molecule has 3 aromatic heterocycles. The average Bonchev–Trinajstić information content (AvgIpc) is 3.86. The molecule has 3 N–H and O–H groups in total. The maximum absolute atomic E-state index is 15.3. The van der Waals surface area contributed by atoms with E-state index in [4.69, 9.17) is 0 Å². The number of aromatic nitrogens is 4. The van der Waals surface area contributed by atoms with Gasteiger partial charge in [-0.1, -0.05) is 30.9 Å². The van der Waals surface area contributed by atoms with Gasteiger partial charge in [0.1, 0.15) is 23.6 Å². The SMILES string of the molecule is C=C(c1ccc(NC(/C=C\C(=C)C2CC2)=C/C)nc1F)c1c[nH]c2ncnc(NC3CC(=O)N(C4CC4)C3)c12. The van der Waals surface area contributed by atoms with E-state index in [9.17, 15) is 4.79 Å². The quantitative estimate of drug-likeness (QED) is 0.237. The van der Waals surface area contributed by atoms with Gasteiger partial charge in [0.2, 0.25) is 11.9 Å². The first kappa shape index (κ1) is 25.0. The fraction of sp³-hybridized carbons (Fsp3) is 0.333. The number of nitrogens with one attached hydrogen (secondary N) is 3. The van der Waals surface area contributed by atoms with Gasteiger partial charge in [0.25, 0.3) is 0 Å². The highest BCUT2D eigenvalue weighted by molar-refractivity contribution is 6.01. The van der Waals surface area contributed by atoms with Gasteiger partial charge in [-0.05, 0) is 62.3 Å². The summed E-state index contributed by atoms with van der Waals surface area (Å²) < 4.78 is 15.3. The van der Waals surface area contributed by atoms with Crippen LogP contribution in [-0.2, 0) is 4.79 Å². The van der Waals surface area contributed by atoms with E-state index < -0.39 is 5.95 Å². The molecule has 0 spiro atoms. The fourth-order valence-corrected chi connectivity index (χ4v) is 5.09.